The summed E-state index contributed by atoms with van der Waals surface area (Å²) in [7, 11) is 0. The number of hydrogen-bond acceptors (Lipinski definition) is 2. The van der Waals surface area contributed by atoms with Gasteiger partial charge in [0.2, 0.25) is 6.54 Å². The smallest absolute Gasteiger partial charge is 0.373 e. The number of esters is 1. The van der Waals surface area contributed by atoms with Crippen LogP contribution in [-0.2, 0) is 16.1 Å². The Balaban J connectivity index is 0.00000144. The predicted octanol–water partition coefficient (Wildman–Crippen LogP) is -0.201. The van der Waals surface area contributed by atoms with Gasteiger partial charge in [-0.2, -0.15) is 4.57 Å². The molecule has 0 aliphatic heterocycles. The second-order valence-electron chi connectivity index (χ2n) is 7.62. The SMILES string of the molecule is Cc1cc[n+](CC(=O)OC23CC4CC(CC(C4)C2)C3)cc1.[Cl-]. The normalized spacial score (nSPS) is 35.0. The van der Waals surface area contributed by atoms with E-state index in [1.54, 1.807) is 0 Å². The van der Waals surface area contributed by atoms with Crippen molar-refractivity contribution in [2.45, 2.75) is 57.6 Å². The van der Waals surface area contributed by atoms with Crippen LogP contribution in [0.5, 0.6) is 0 Å². The van der Waals surface area contributed by atoms with Crippen molar-refractivity contribution in [1.29, 1.82) is 0 Å². The highest BCUT2D eigenvalue weighted by Gasteiger charge is 2.53. The standard InChI is InChI=1S/C18H24NO2.ClH/c1-13-2-4-19(5-3-13)12-17(20)21-18-9-14-6-15(10-18)8-16(7-14)11-18;/h2-5,14-16H,6-12H2,1H3;1H/q+1;/p-1. The van der Waals surface area contributed by atoms with Crippen LogP contribution in [0.15, 0.2) is 24.5 Å². The minimum Gasteiger partial charge on any atom is -1.00 e. The molecular weight excluding hydrogens is 298 g/mol. The van der Waals surface area contributed by atoms with E-state index in [9.17, 15) is 4.79 Å². The lowest BCUT2D eigenvalue weighted by Crippen LogP contribution is -3.00. The third-order valence-electron chi connectivity index (χ3n) is 5.68. The summed E-state index contributed by atoms with van der Waals surface area (Å²) in [6.07, 6.45) is 11.4. The maximum atomic E-state index is 12.3. The molecule has 0 atom stereocenters. The number of ether oxygens (including phenoxy) is 1. The van der Waals surface area contributed by atoms with Gasteiger partial charge in [0, 0.05) is 12.1 Å². The van der Waals surface area contributed by atoms with Crippen LogP contribution in [0.4, 0.5) is 0 Å². The highest BCUT2D eigenvalue weighted by molar-refractivity contribution is 5.68. The van der Waals surface area contributed by atoms with E-state index in [1.165, 1.54) is 24.8 Å². The Morgan fingerprint density at radius 3 is 2.14 bits per heavy atom. The first kappa shape index (κ1) is 15.8. The Labute approximate surface area is 138 Å². The van der Waals surface area contributed by atoms with Crippen molar-refractivity contribution < 1.29 is 26.5 Å². The van der Waals surface area contributed by atoms with Crippen LogP contribution in [0.25, 0.3) is 0 Å². The third-order valence-corrected chi connectivity index (χ3v) is 5.68. The monoisotopic (exact) mass is 321 g/mol. The van der Waals surface area contributed by atoms with E-state index >= 15 is 0 Å². The van der Waals surface area contributed by atoms with Gasteiger partial charge in [0.1, 0.15) is 5.60 Å². The van der Waals surface area contributed by atoms with Gasteiger partial charge in [-0.25, -0.2) is 4.79 Å². The van der Waals surface area contributed by atoms with E-state index < -0.39 is 0 Å². The first-order valence-corrected chi connectivity index (χ1v) is 8.28. The molecule has 0 spiro atoms. The van der Waals surface area contributed by atoms with Crippen molar-refractivity contribution in [2.75, 3.05) is 0 Å². The van der Waals surface area contributed by atoms with Crippen LogP contribution >= 0.6 is 0 Å². The fraction of sp³-hybridized carbons (Fsp3) is 0.667. The van der Waals surface area contributed by atoms with Gasteiger partial charge in [0.25, 0.3) is 0 Å². The molecule has 1 aromatic rings. The summed E-state index contributed by atoms with van der Waals surface area (Å²) >= 11 is 0. The topological polar surface area (TPSA) is 30.2 Å². The van der Waals surface area contributed by atoms with E-state index in [-0.39, 0.29) is 24.0 Å². The lowest BCUT2D eigenvalue weighted by molar-refractivity contribution is -0.686. The minimum absolute atomic E-state index is 0. The van der Waals surface area contributed by atoms with Crippen LogP contribution in [0.3, 0.4) is 0 Å². The average Bonchev–Trinajstić information content (AvgIpc) is 2.39. The zero-order chi connectivity index (χ0) is 14.4. The molecule has 22 heavy (non-hydrogen) atoms. The van der Waals surface area contributed by atoms with E-state index in [1.807, 2.05) is 29.1 Å². The molecule has 3 nitrogen and oxygen atoms in total. The number of carbonyl (C=O) groups is 1. The number of carbonyl (C=O) groups excluding carboxylic acids is 1. The van der Waals surface area contributed by atoms with Gasteiger partial charge in [0.05, 0.1) is 0 Å². The van der Waals surface area contributed by atoms with Crippen LogP contribution in [0.1, 0.15) is 44.1 Å². The number of nitrogens with zero attached hydrogens (tertiary/aromatic N) is 1. The lowest BCUT2D eigenvalue weighted by Gasteiger charge is -2.55. The van der Waals surface area contributed by atoms with Gasteiger partial charge in [0.15, 0.2) is 12.4 Å². The largest absolute Gasteiger partial charge is 1.00 e. The fourth-order valence-corrected chi connectivity index (χ4v) is 5.22. The van der Waals surface area contributed by atoms with Gasteiger partial charge < -0.3 is 17.1 Å². The first-order valence-electron chi connectivity index (χ1n) is 8.28. The van der Waals surface area contributed by atoms with Crippen molar-refractivity contribution in [1.82, 2.24) is 0 Å². The molecule has 4 aliphatic carbocycles. The van der Waals surface area contributed by atoms with Crippen molar-refractivity contribution >= 4 is 5.97 Å². The molecule has 0 radical (unpaired) electrons. The summed E-state index contributed by atoms with van der Waals surface area (Å²) in [6, 6.07) is 4.05. The minimum atomic E-state index is -0.114. The maximum absolute atomic E-state index is 12.3. The second-order valence-corrected chi connectivity index (χ2v) is 7.62. The van der Waals surface area contributed by atoms with Crippen molar-refractivity contribution in [2.24, 2.45) is 17.8 Å². The fourth-order valence-electron chi connectivity index (χ4n) is 5.22. The molecule has 4 saturated carbocycles. The molecule has 0 aromatic carbocycles. The summed E-state index contributed by atoms with van der Waals surface area (Å²) in [5.41, 5.74) is 1.09. The van der Waals surface area contributed by atoms with Gasteiger partial charge >= 0.3 is 5.97 Å². The van der Waals surface area contributed by atoms with Gasteiger partial charge in [-0.1, -0.05) is 0 Å². The molecular formula is C18H24ClNO2. The molecule has 0 saturated heterocycles. The zero-order valence-corrected chi connectivity index (χ0v) is 13.9. The molecule has 1 heterocycles. The van der Waals surface area contributed by atoms with E-state index in [2.05, 4.69) is 6.92 Å². The zero-order valence-electron chi connectivity index (χ0n) is 13.1. The van der Waals surface area contributed by atoms with Crippen LogP contribution in [-0.4, -0.2) is 11.6 Å². The molecule has 1 aromatic heterocycles. The van der Waals surface area contributed by atoms with Crippen LogP contribution in [0.2, 0.25) is 0 Å². The summed E-state index contributed by atoms with van der Waals surface area (Å²) in [4.78, 5) is 12.3. The van der Waals surface area contributed by atoms with Gasteiger partial charge in [-0.15, -0.1) is 0 Å². The van der Waals surface area contributed by atoms with Crippen molar-refractivity contribution in [3.8, 4) is 0 Å². The molecule has 0 N–H and O–H groups in total. The number of halogens is 1. The highest BCUT2D eigenvalue weighted by atomic mass is 35.5. The van der Waals surface area contributed by atoms with Crippen LogP contribution in [0, 0.1) is 24.7 Å². The molecule has 120 valence electrons. The molecule has 4 fully saturated rings. The summed E-state index contributed by atoms with van der Waals surface area (Å²) in [5, 5.41) is 0. The van der Waals surface area contributed by atoms with Crippen molar-refractivity contribution in [3.63, 3.8) is 0 Å². The van der Waals surface area contributed by atoms with E-state index in [4.69, 9.17) is 4.74 Å². The first-order chi connectivity index (χ1) is 10.1. The molecule has 4 heteroatoms. The van der Waals surface area contributed by atoms with Gasteiger partial charge in [-0.05, 0) is 68.8 Å². The number of rotatable bonds is 3. The number of aromatic nitrogens is 1. The summed E-state index contributed by atoms with van der Waals surface area (Å²) in [5.74, 6) is 2.38. The van der Waals surface area contributed by atoms with Gasteiger partial charge in [-0.3, -0.25) is 0 Å². The lowest BCUT2D eigenvalue weighted by atomic mass is 9.54. The summed E-state index contributed by atoms with van der Waals surface area (Å²) < 4.78 is 7.94. The number of hydrogen-bond donors (Lipinski definition) is 0. The Bertz CT molecular complexity index is 519. The average molecular weight is 322 g/mol. The molecule has 4 aliphatic rings. The number of aryl methyl sites for hydroxylation is 1. The Kier molecular flexibility index (Phi) is 4.19. The van der Waals surface area contributed by atoms with Crippen molar-refractivity contribution in [3.05, 3.63) is 30.1 Å². The predicted molar refractivity (Wildman–Crippen MR) is 78.4 cm³/mol. The van der Waals surface area contributed by atoms with Crippen LogP contribution < -0.4 is 17.0 Å². The highest BCUT2D eigenvalue weighted by Crippen LogP contribution is 2.57. The summed E-state index contributed by atoms with van der Waals surface area (Å²) in [6.45, 7) is 2.39. The Morgan fingerprint density at radius 1 is 1.14 bits per heavy atom. The van der Waals surface area contributed by atoms with E-state index in [0.29, 0.717) is 6.54 Å². The molecule has 0 amide bonds. The Morgan fingerprint density at radius 2 is 1.64 bits per heavy atom. The maximum Gasteiger partial charge on any atom is 0.373 e. The Hall–Kier alpha value is -1.09. The molecule has 5 rings (SSSR count). The molecule has 0 unspecified atom stereocenters. The van der Waals surface area contributed by atoms with E-state index in [0.717, 1.165) is 37.0 Å². The molecule has 4 bridgehead atoms. The quantitative estimate of drug-likeness (QED) is 0.570. The second kappa shape index (κ2) is 5.84. The number of pyridine rings is 1. The third kappa shape index (κ3) is 3.01.